The molecule has 72 valence electrons. The molecule has 1 heterocycles. The molecule has 0 saturated heterocycles. The van der Waals surface area contributed by atoms with Crippen LogP contribution in [0.25, 0.3) is 0 Å². The molecule has 0 aliphatic heterocycles. The van der Waals surface area contributed by atoms with E-state index in [4.69, 9.17) is 5.73 Å². The maximum Gasteiger partial charge on any atom is 0.0825 e. The molecular formula is C6H14Cl2N4. The summed E-state index contributed by atoms with van der Waals surface area (Å²) in [5.74, 6) is 0. The molecule has 0 aromatic carbocycles. The summed E-state index contributed by atoms with van der Waals surface area (Å²) in [6.45, 7) is 2.66. The molecule has 0 fully saturated rings. The van der Waals surface area contributed by atoms with Gasteiger partial charge >= 0.3 is 0 Å². The van der Waals surface area contributed by atoms with Gasteiger partial charge in [0.15, 0.2) is 0 Å². The van der Waals surface area contributed by atoms with Crippen LogP contribution in [-0.2, 0) is 6.42 Å². The first-order chi connectivity index (χ1) is 4.84. The van der Waals surface area contributed by atoms with Crippen molar-refractivity contribution in [2.45, 2.75) is 19.8 Å². The second kappa shape index (κ2) is 7.34. The highest BCUT2D eigenvalue weighted by Crippen LogP contribution is 2.00. The van der Waals surface area contributed by atoms with E-state index in [9.17, 15) is 0 Å². The van der Waals surface area contributed by atoms with Crippen LogP contribution in [0.2, 0.25) is 0 Å². The quantitative estimate of drug-likeness (QED) is 0.781. The number of aromatic nitrogens is 3. The lowest BCUT2D eigenvalue weighted by molar-refractivity contribution is 0.798. The topological polar surface area (TPSA) is 67.6 Å². The van der Waals surface area contributed by atoms with Crippen LogP contribution in [0, 0.1) is 6.92 Å². The predicted octanol–water partition coefficient (Wildman–Crippen LogP) is 0.848. The van der Waals surface area contributed by atoms with Crippen molar-refractivity contribution in [1.82, 2.24) is 15.4 Å². The van der Waals surface area contributed by atoms with Crippen molar-refractivity contribution in [2.75, 3.05) is 6.54 Å². The third kappa shape index (κ3) is 3.90. The van der Waals surface area contributed by atoms with E-state index < -0.39 is 0 Å². The second-order valence-electron chi connectivity index (χ2n) is 2.27. The summed E-state index contributed by atoms with van der Waals surface area (Å²) >= 11 is 0. The minimum atomic E-state index is 0. The summed E-state index contributed by atoms with van der Waals surface area (Å²) in [5, 5.41) is 10.3. The number of nitrogens with two attached hydrogens (primary N) is 1. The Kier molecular flexibility index (Phi) is 8.69. The van der Waals surface area contributed by atoms with E-state index >= 15 is 0 Å². The number of nitrogens with one attached hydrogen (secondary N) is 1. The molecule has 0 unspecified atom stereocenters. The lowest BCUT2D eigenvalue weighted by atomic mass is 10.2. The summed E-state index contributed by atoms with van der Waals surface area (Å²) in [6, 6.07) is 0. The normalized spacial score (nSPS) is 8.50. The molecule has 0 aliphatic carbocycles. The Labute approximate surface area is 84.1 Å². The fraction of sp³-hybridized carbons (Fsp3) is 0.667. The van der Waals surface area contributed by atoms with Crippen LogP contribution in [0.5, 0.6) is 0 Å². The third-order valence-corrected chi connectivity index (χ3v) is 1.45. The summed E-state index contributed by atoms with van der Waals surface area (Å²) in [7, 11) is 0. The van der Waals surface area contributed by atoms with Crippen molar-refractivity contribution >= 4 is 24.8 Å². The van der Waals surface area contributed by atoms with E-state index in [-0.39, 0.29) is 24.8 Å². The van der Waals surface area contributed by atoms with Gasteiger partial charge in [0.05, 0.1) is 11.4 Å². The summed E-state index contributed by atoms with van der Waals surface area (Å²) < 4.78 is 0. The number of hydrogen-bond donors (Lipinski definition) is 2. The van der Waals surface area contributed by atoms with Crippen molar-refractivity contribution in [1.29, 1.82) is 0 Å². The van der Waals surface area contributed by atoms with Gasteiger partial charge in [-0.15, -0.1) is 29.9 Å². The highest BCUT2D eigenvalue weighted by molar-refractivity contribution is 5.85. The van der Waals surface area contributed by atoms with Gasteiger partial charge in [-0.1, -0.05) is 5.21 Å². The average molecular weight is 213 g/mol. The van der Waals surface area contributed by atoms with Gasteiger partial charge in [-0.05, 0) is 26.3 Å². The van der Waals surface area contributed by atoms with E-state index in [0.29, 0.717) is 0 Å². The van der Waals surface area contributed by atoms with E-state index in [2.05, 4.69) is 15.4 Å². The molecule has 1 aromatic heterocycles. The Hall–Kier alpha value is -0.320. The minimum absolute atomic E-state index is 0. The van der Waals surface area contributed by atoms with Crippen LogP contribution in [0.4, 0.5) is 0 Å². The van der Waals surface area contributed by atoms with Gasteiger partial charge < -0.3 is 5.73 Å². The van der Waals surface area contributed by atoms with Gasteiger partial charge in [0.25, 0.3) is 0 Å². The fourth-order valence-corrected chi connectivity index (χ4v) is 0.817. The van der Waals surface area contributed by atoms with E-state index in [1.807, 2.05) is 6.92 Å². The zero-order valence-electron chi connectivity index (χ0n) is 6.91. The maximum atomic E-state index is 5.34. The van der Waals surface area contributed by atoms with Crippen molar-refractivity contribution in [3.8, 4) is 0 Å². The molecule has 0 saturated carbocycles. The number of aromatic amines is 1. The highest BCUT2D eigenvalue weighted by atomic mass is 35.5. The standard InChI is InChI=1S/C6H12N4.2ClH/c1-5-6(3-2-4-7)9-10-8-5;;/h2-4,7H2,1H3,(H,8,9,10);2*1H. The number of H-pyrrole nitrogens is 1. The number of halogens is 2. The Morgan fingerprint density at radius 2 is 2.08 bits per heavy atom. The fourth-order valence-electron chi connectivity index (χ4n) is 0.817. The van der Waals surface area contributed by atoms with Crippen molar-refractivity contribution in [3.63, 3.8) is 0 Å². The summed E-state index contributed by atoms with van der Waals surface area (Å²) in [4.78, 5) is 0. The second-order valence-corrected chi connectivity index (χ2v) is 2.27. The Morgan fingerprint density at radius 1 is 1.42 bits per heavy atom. The van der Waals surface area contributed by atoms with Crippen molar-refractivity contribution in [2.24, 2.45) is 5.73 Å². The van der Waals surface area contributed by atoms with Gasteiger partial charge in [-0.3, -0.25) is 5.10 Å². The molecule has 0 radical (unpaired) electrons. The van der Waals surface area contributed by atoms with Crippen molar-refractivity contribution in [3.05, 3.63) is 11.4 Å². The maximum absolute atomic E-state index is 5.34. The summed E-state index contributed by atoms with van der Waals surface area (Å²) in [6.07, 6.45) is 1.94. The van der Waals surface area contributed by atoms with Crippen LogP contribution >= 0.6 is 24.8 Å². The number of rotatable bonds is 3. The molecule has 0 atom stereocenters. The minimum Gasteiger partial charge on any atom is -0.330 e. The molecule has 0 bridgehead atoms. The van der Waals surface area contributed by atoms with E-state index in [1.165, 1.54) is 0 Å². The molecule has 6 heteroatoms. The molecule has 0 aliphatic rings. The average Bonchev–Trinajstić information content (AvgIpc) is 2.31. The molecule has 1 rings (SSSR count). The number of aryl methyl sites for hydroxylation is 2. The molecular weight excluding hydrogens is 199 g/mol. The first-order valence-corrected chi connectivity index (χ1v) is 3.41. The molecule has 1 aromatic rings. The largest absolute Gasteiger partial charge is 0.330 e. The van der Waals surface area contributed by atoms with Gasteiger partial charge in [0.2, 0.25) is 0 Å². The predicted molar refractivity (Wildman–Crippen MR) is 53.0 cm³/mol. The Morgan fingerprint density at radius 3 is 2.50 bits per heavy atom. The van der Waals surface area contributed by atoms with Gasteiger partial charge in [0, 0.05) is 0 Å². The Bertz CT molecular complexity index is 201. The molecule has 12 heavy (non-hydrogen) atoms. The number of nitrogens with zero attached hydrogens (tertiary/aromatic N) is 2. The van der Waals surface area contributed by atoms with Gasteiger partial charge in [-0.2, -0.15) is 0 Å². The first-order valence-electron chi connectivity index (χ1n) is 3.41. The monoisotopic (exact) mass is 212 g/mol. The Balaban J connectivity index is 0. The van der Waals surface area contributed by atoms with Crippen LogP contribution < -0.4 is 5.73 Å². The van der Waals surface area contributed by atoms with E-state index in [1.54, 1.807) is 0 Å². The van der Waals surface area contributed by atoms with Crippen LogP contribution in [0.1, 0.15) is 17.8 Å². The molecule has 4 nitrogen and oxygen atoms in total. The zero-order chi connectivity index (χ0) is 7.40. The lowest BCUT2D eigenvalue weighted by Crippen LogP contribution is -2.01. The zero-order valence-corrected chi connectivity index (χ0v) is 8.54. The molecule has 0 spiro atoms. The highest BCUT2D eigenvalue weighted by Gasteiger charge is 1.98. The van der Waals surface area contributed by atoms with Gasteiger partial charge in [-0.25, -0.2) is 0 Å². The van der Waals surface area contributed by atoms with E-state index in [0.717, 1.165) is 30.8 Å². The smallest absolute Gasteiger partial charge is 0.0825 e. The van der Waals surface area contributed by atoms with Crippen LogP contribution in [0.3, 0.4) is 0 Å². The first kappa shape index (κ1) is 14.2. The van der Waals surface area contributed by atoms with Crippen LogP contribution in [-0.4, -0.2) is 22.0 Å². The molecule has 0 amide bonds. The SMILES string of the molecule is Cc1nn[nH]c1CCCN.Cl.Cl. The lowest BCUT2D eigenvalue weighted by Gasteiger charge is -1.93. The van der Waals surface area contributed by atoms with Gasteiger partial charge in [0.1, 0.15) is 0 Å². The van der Waals surface area contributed by atoms with Crippen LogP contribution in [0.15, 0.2) is 0 Å². The summed E-state index contributed by atoms with van der Waals surface area (Å²) in [5.41, 5.74) is 7.42. The molecule has 3 N–H and O–H groups in total. The third-order valence-electron chi connectivity index (χ3n) is 1.45. The van der Waals surface area contributed by atoms with Crippen molar-refractivity contribution < 1.29 is 0 Å². The number of hydrogen-bond acceptors (Lipinski definition) is 3.